The summed E-state index contributed by atoms with van der Waals surface area (Å²) in [5.41, 5.74) is 3.13. The Morgan fingerprint density at radius 1 is 1.00 bits per heavy atom. The van der Waals surface area contributed by atoms with E-state index in [1.165, 1.54) is 11.1 Å². The van der Waals surface area contributed by atoms with Crippen LogP contribution in [0.2, 0.25) is 0 Å². The van der Waals surface area contributed by atoms with Crippen molar-refractivity contribution in [3.05, 3.63) is 65.2 Å². The average molecular weight is 542 g/mol. The van der Waals surface area contributed by atoms with E-state index in [0.717, 1.165) is 24.8 Å². The summed E-state index contributed by atoms with van der Waals surface area (Å²) in [6.45, 7) is 4.30. The van der Waals surface area contributed by atoms with Crippen molar-refractivity contribution in [1.29, 1.82) is 0 Å². The zero-order valence-electron chi connectivity index (χ0n) is 17.6. The van der Waals surface area contributed by atoms with Crippen LogP contribution in [0.1, 0.15) is 36.0 Å². The molecule has 1 saturated heterocycles. The van der Waals surface area contributed by atoms with Gasteiger partial charge in [0.25, 0.3) is 0 Å². The van der Waals surface area contributed by atoms with Gasteiger partial charge in [-0.2, -0.15) is 4.31 Å². The molecular weight excluding hydrogens is 511 g/mol. The van der Waals surface area contributed by atoms with Gasteiger partial charge in [-0.15, -0.1) is 24.0 Å². The molecule has 0 aliphatic carbocycles. The normalized spacial score (nSPS) is 15.3. The van der Waals surface area contributed by atoms with Crippen molar-refractivity contribution < 1.29 is 8.42 Å². The number of halogens is 1. The second-order valence-electron chi connectivity index (χ2n) is 7.34. The van der Waals surface area contributed by atoms with E-state index in [9.17, 15) is 8.42 Å². The summed E-state index contributed by atoms with van der Waals surface area (Å²) in [5.74, 6) is 0.636. The third-order valence-corrected chi connectivity index (χ3v) is 7.12. The molecule has 0 radical (unpaired) electrons. The van der Waals surface area contributed by atoms with Crippen LogP contribution >= 0.6 is 24.0 Å². The predicted octanol–water partition coefficient (Wildman–Crippen LogP) is 3.65. The number of hydrogen-bond acceptors (Lipinski definition) is 3. The SMILES string of the molecule is CN=C(NCc1cccc(C)c1)NCc1ccccc1S(=O)(=O)N1CCCCC1.I. The topological polar surface area (TPSA) is 73.8 Å². The van der Waals surface area contributed by atoms with Crippen molar-refractivity contribution in [1.82, 2.24) is 14.9 Å². The first-order valence-corrected chi connectivity index (χ1v) is 11.5. The molecule has 2 N–H and O–H groups in total. The Bertz CT molecular complexity index is 957. The van der Waals surface area contributed by atoms with Gasteiger partial charge in [-0.3, -0.25) is 4.99 Å². The fourth-order valence-electron chi connectivity index (χ4n) is 3.55. The number of nitrogens with one attached hydrogen (secondary N) is 2. The van der Waals surface area contributed by atoms with E-state index < -0.39 is 10.0 Å². The van der Waals surface area contributed by atoms with E-state index in [2.05, 4.69) is 40.7 Å². The maximum absolute atomic E-state index is 13.1. The van der Waals surface area contributed by atoms with Crippen LogP contribution in [-0.2, 0) is 23.1 Å². The van der Waals surface area contributed by atoms with E-state index in [-0.39, 0.29) is 24.0 Å². The van der Waals surface area contributed by atoms with Gasteiger partial charge in [-0.25, -0.2) is 8.42 Å². The summed E-state index contributed by atoms with van der Waals surface area (Å²) in [4.78, 5) is 4.64. The Kier molecular flexibility index (Phi) is 9.57. The first-order chi connectivity index (χ1) is 14.0. The molecule has 8 heteroatoms. The molecule has 0 bridgehead atoms. The third-order valence-electron chi connectivity index (χ3n) is 5.12. The van der Waals surface area contributed by atoms with Crippen LogP contribution < -0.4 is 10.6 Å². The standard InChI is InChI=1S/C22H30N4O2S.HI/c1-18-9-8-10-19(15-18)16-24-22(23-2)25-17-20-11-4-5-12-21(20)29(27,28)26-13-6-3-7-14-26;/h4-5,8-12,15H,3,6-7,13-14,16-17H2,1-2H3,(H2,23,24,25);1H. The van der Waals surface area contributed by atoms with Crippen molar-refractivity contribution in [2.45, 2.75) is 44.2 Å². The van der Waals surface area contributed by atoms with Gasteiger partial charge < -0.3 is 10.6 Å². The lowest BCUT2D eigenvalue weighted by Gasteiger charge is -2.27. The molecule has 2 aromatic rings. The fraction of sp³-hybridized carbons (Fsp3) is 0.409. The molecule has 0 spiro atoms. The van der Waals surface area contributed by atoms with Crippen LogP contribution in [0.4, 0.5) is 0 Å². The highest BCUT2D eigenvalue weighted by atomic mass is 127. The maximum atomic E-state index is 13.1. The zero-order valence-corrected chi connectivity index (χ0v) is 20.7. The van der Waals surface area contributed by atoms with Crippen LogP contribution in [0.5, 0.6) is 0 Å². The van der Waals surface area contributed by atoms with Crippen LogP contribution in [0.3, 0.4) is 0 Å². The highest BCUT2D eigenvalue weighted by molar-refractivity contribution is 14.0. The molecule has 0 saturated carbocycles. The molecule has 0 atom stereocenters. The maximum Gasteiger partial charge on any atom is 0.243 e. The molecule has 1 fully saturated rings. The molecule has 0 amide bonds. The Morgan fingerprint density at radius 3 is 2.40 bits per heavy atom. The molecule has 30 heavy (non-hydrogen) atoms. The van der Waals surface area contributed by atoms with Gasteiger partial charge in [0.05, 0.1) is 4.90 Å². The third kappa shape index (κ3) is 6.42. The molecule has 1 heterocycles. The summed E-state index contributed by atoms with van der Waals surface area (Å²) in [6, 6.07) is 15.5. The Morgan fingerprint density at radius 2 is 1.70 bits per heavy atom. The van der Waals surface area contributed by atoms with Gasteiger partial charge in [0.2, 0.25) is 10.0 Å². The summed E-state index contributed by atoms with van der Waals surface area (Å²) >= 11 is 0. The molecule has 0 unspecified atom stereocenters. The van der Waals surface area contributed by atoms with E-state index >= 15 is 0 Å². The first kappa shape index (κ1) is 24.6. The van der Waals surface area contributed by atoms with E-state index in [1.54, 1.807) is 23.5 Å². The molecule has 1 aliphatic heterocycles. The lowest BCUT2D eigenvalue weighted by atomic mass is 10.1. The monoisotopic (exact) mass is 542 g/mol. The molecule has 2 aromatic carbocycles. The molecule has 164 valence electrons. The van der Waals surface area contributed by atoms with Crippen LogP contribution in [0, 0.1) is 6.92 Å². The van der Waals surface area contributed by atoms with Gasteiger partial charge in [0.1, 0.15) is 0 Å². The largest absolute Gasteiger partial charge is 0.352 e. The molecule has 3 rings (SSSR count). The number of nitrogens with zero attached hydrogens (tertiary/aromatic N) is 2. The van der Waals surface area contributed by atoms with Crippen molar-refractivity contribution in [2.24, 2.45) is 4.99 Å². The minimum atomic E-state index is -3.47. The number of sulfonamides is 1. The number of hydrogen-bond donors (Lipinski definition) is 2. The number of piperidine rings is 1. The second-order valence-corrected chi connectivity index (χ2v) is 9.25. The second kappa shape index (κ2) is 11.7. The quantitative estimate of drug-likeness (QED) is 0.332. The van der Waals surface area contributed by atoms with Gasteiger partial charge in [-0.05, 0) is 37.0 Å². The van der Waals surface area contributed by atoms with Crippen LogP contribution in [0.25, 0.3) is 0 Å². The number of aliphatic imine (C=N–C) groups is 1. The Hall–Kier alpha value is -1.65. The molecule has 0 aromatic heterocycles. The highest BCUT2D eigenvalue weighted by Crippen LogP contribution is 2.23. The number of guanidine groups is 1. The van der Waals surface area contributed by atoms with Gasteiger partial charge in [-0.1, -0.05) is 54.4 Å². The van der Waals surface area contributed by atoms with E-state index in [1.807, 2.05) is 18.2 Å². The van der Waals surface area contributed by atoms with Crippen molar-refractivity contribution in [3.63, 3.8) is 0 Å². The number of aryl methyl sites for hydroxylation is 1. The van der Waals surface area contributed by atoms with E-state index in [0.29, 0.717) is 37.0 Å². The Balaban J connectivity index is 0.00000320. The lowest BCUT2D eigenvalue weighted by molar-refractivity contribution is 0.346. The van der Waals surface area contributed by atoms with Crippen LogP contribution in [-0.4, -0.2) is 38.8 Å². The van der Waals surface area contributed by atoms with Gasteiger partial charge >= 0.3 is 0 Å². The van der Waals surface area contributed by atoms with Gasteiger partial charge in [0, 0.05) is 33.2 Å². The van der Waals surface area contributed by atoms with Crippen molar-refractivity contribution >= 4 is 40.0 Å². The highest BCUT2D eigenvalue weighted by Gasteiger charge is 2.27. The average Bonchev–Trinajstić information content (AvgIpc) is 2.75. The summed E-state index contributed by atoms with van der Waals surface area (Å²) in [7, 11) is -1.76. The van der Waals surface area contributed by atoms with Crippen molar-refractivity contribution in [2.75, 3.05) is 20.1 Å². The minimum Gasteiger partial charge on any atom is -0.352 e. The number of rotatable bonds is 6. The van der Waals surface area contributed by atoms with E-state index in [4.69, 9.17) is 0 Å². The molecule has 6 nitrogen and oxygen atoms in total. The first-order valence-electron chi connectivity index (χ1n) is 10.1. The minimum absolute atomic E-state index is 0. The summed E-state index contributed by atoms with van der Waals surface area (Å²) in [6.07, 6.45) is 2.95. The fourth-order valence-corrected chi connectivity index (χ4v) is 5.29. The lowest BCUT2D eigenvalue weighted by Crippen LogP contribution is -2.38. The summed E-state index contributed by atoms with van der Waals surface area (Å²) in [5, 5.41) is 6.53. The number of benzene rings is 2. The Labute approximate surface area is 197 Å². The van der Waals surface area contributed by atoms with Gasteiger partial charge in [0.15, 0.2) is 5.96 Å². The zero-order chi connectivity index (χ0) is 20.7. The molecular formula is C22H31IN4O2S. The smallest absolute Gasteiger partial charge is 0.243 e. The van der Waals surface area contributed by atoms with Crippen molar-refractivity contribution in [3.8, 4) is 0 Å². The summed E-state index contributed by atoms with van der Waals surface area (Å²) < 4.78 is 27.8. The van der Waals surface area contributed by atoms with Crippen LogP contribution in [0.15, 0.2) is 58.4 Å². The predicted molar refractivity (Wildman–Crippen MR) is 133 cm³/mol. The molecule has 1 aliphatic rings.